The second-order valence-corrected chi connectivity index (χ2v) is 3.65. The standard InChI is InChI=1S/C13H20O6/c1-6-7-8-13(11(14)18-4,12(15)19-5)9-10(16-2)17-3/h10H,6,9H2,1-5H3. The zero-order chi connectivity index (χ0) is 14.9. The van der Waals surface area contributed by atoms with Gasteiger partial charge in [0, 0.05) is 27.1 Å². The lowest BCUT2D eigenvalue weighted by Crippen LogP contribution is -2.43. The van der Waals surface area contributed by atoms with Crippen molar-refractivity contribution in [3.05, 3.63) is 0 Å². The molecule has 19 heavy (non-hydrogen) atoms. The third-order valence-corrected chi connectivity index (χ3v) is 2.54. The molecule has 0 aliphatic carbocycles. The van der Waals surface area contributed by atoms with Gasteiger partial charge in [0.1, 0.15) is 0 Å². The maximum Gasteiger partial charge on any atom is 0.335 e. The molecule has 0 N–H and O–H groups in total. The van der Waals surface area contributed by atoms with E-state index in [-0.39, 0.29) is 6.42 Å². The van der Waals surface area contributed by atoms with Gasteiger partial charge in [0.2, 0.25) is 5.41 Å². The van der Waals surface area contributed by atoms with Crippen LogP contribution in [0.15, 0.2) is 0 Å². The van der Waals surface area contributed by atoms with Crippen molar-refractivity contribution >= 4 is 11.9 Å². The van der Waals surface area contributed by atoms with E-state index in [1.165, 1.54) is 28.4 Å². The number of carbonyl (C=O) groups is 2. The van der Waals surface area contributed by atoms with Crippen LogP contribution in [0.5, 0.6) is 0 Å². The van der Waals surface area contributed by atoms with Crippen LogP contribution in [-0.4, -0.2) is 46.7 Å². The molecule has 0 bridgehead atoms. The number of hydrogen-bond donors (Lipinski definition) is 0. The lowest BCUT2D eigenvalue weighted by Gasteiger charge is -2.26. The molecule has 108 valence electrons. The molecule has 0 amide bonds. The summed E-state index contributed by atoms with van der Waals surface area (Å²) in [4.78, 5) is 23.9. The average molecular weight is 272 g/mol. The molecule has 0 spiro atoms. The summed E-state index contributed by atoms with van der Waals surface area (Å²) in [6, 6.07) is 0. The van der Waals surface area contributed by atoms with E-state index < -0.39 is 23.6 Å². The average Bonchev–Trinajstić information content (AvgIpc) is 2.46. The van der Waals surface area contributed by atoms with Crippen LogP contribution in [-0.2, 0) is 28.5 Å². The van der Waals surface area contributed by atoms with E-state index >= 15 is 0 Å². The summed E-state index contributed by atoms with van der Waals surface area (Å²) < 4.78 is 19.4. The molecule has 6 nitrogen and oxygen atoms in total. The largest absolute Gasteiger partial charge is 0.467 e. The van der Waals surface area contributed by atoms with Gasteiger partial charge in [-0.15, -0.1) is 5.92 Å². The fraction of sp³-hybridized carbons (Fsp3) is 0.692. The van der Waals surface area contributed by atoms with Crippen molar-refractivity contribution in [2.24, 2.45) is 5.41 Å². The molecule has 0 fully saturated rings. The van der Waals surface area contributed by atoms with Crippen molar-refractivity contribution in [3.8, 4) is 11.8 Å². The van der Waals surface area contributed by atoms with Gasteiger partial charge in [0.25, 0.3) is 0 Å². The third kappa shape index (κ3) is 4.23. The summed E-state index contributed by atoms with van der Waals surface area (Å²) in [5.41, 5.74) is -1.74. The molecule has 0 unspecified atom stereocenters. The first kappa shape index (κ1) is 17.4. The molecule has 0 saturated carbocycles. The molecule has 0 aromatic rings. The SMILES string of the molecule is CCC#CC(CC(OC)OC)(C(=O)OC)C(=O)OC. The van der Waals surface area contributed by atoms with Gasteiger partial charge in [-0.2, -0.15) is 0 Å². The van der Waals surface area contributed by atoms with Crippen LogP contribution in [0.25, 0.3) is 0 Å². The van der Waals surface area contributed by atoms with Crippen molar-refractivity contribution < 1.29 is 28.5 Å². The fourth-order valence-corrected chi connectivity index (χ4v) is 1.50. The highest BCUT2D eigenvalue weighted by Crippen LogP contribution is 2.28. The molecule has 6 heteroatoms. The maximum atomic E-state index is 12.0. The van der Waals surface area contributed by atoms with Gasteiger partial charge in [0.15, 0.2) is 6.29 Å². The van der Waals surface area contributed by atoms with Crippen LogP contribution >= 0.6 is 0 Å². The maximum absolute atomic E-state index is 12.0. The first-order valence-corrected chi connectivity index (χ1v) is 5.74. The van der Waals surface area contributed by atoms with Crippen LogP contribution in [0.3, 0.4) is 0 Å². The third-order valence-electron chi connectivity index (χ3n) is 2.54. The summed E-state index contributed by atoms with van der Waals surface area (Å²) in [7, 11) is 5.17. The van der Waals surface area contributed by atoms with Crippen molar-refractivity contribution in [2.45, 2.75) is 26.1 Å². The minimum absolute atomic E-state index is 0.105. The second kappa shape index (κ2) is 8.51. The molecular weight excluding hydrogens is 252 g/mol. The predicted molar refractivity (Wildman–Crippen MR) is 67.0 cm³/mol. The molecular formula is C13H20O6. The first-order chi connectivity index (χ1) is 9.02. The fourth-order valence-electron chi connectivity index (χ4n) is 1.50. The van der Waals surface area contributed by atoms with Crippen LogP contribution < -0.4 is 0 Å². The summed E-state index contributed by atoms with van der Waals surface area (Å²) in [5, 5.41) is 0. The lowest BCUT2D eigenvalue weighted by molar-refractivity contribution is -0.175. The monoisotopic (exact) mass is 272 g/mol. The minimum Gasteiger partial charge on any atom is -0.467 e. The zero-order valence-corrected chi connectivity index (χ0v) is 11.9. The molecule has 0 aliphatic heterocycles. The van der Waals surface area contributed by atoms with Crippen LogP contribution in [0.2, 0.25) is 0 Å². The number of esters is 2. The summed E-state index contributed by atoms with van der Waals surface area (Å²) in [6.07, 6.45) is -0.392. The van der Waals surface area contributed by atoms with E-state index in [1.807, 2.05) is 0 Å². The van der Waals surface area contributed by atoms with Gasteiger partial charge < -0.3 is 18.9 Å². The Bertz CT molecular complexity index is 345. The van der Waals surface area contributed by atoms with Crippen LogP contribution in [0.1, 0.15) is 19.8 Å². The highest BCUT2D eigenvalue weighted by Gasteiger charge is 2.49. The summed E-state index contributed by atoms with van der Waals surface area (Å²) in [6.45, 7) is 1.80. The van der Waals surface area contributed by atoms with E-state index in [4.69, 9.17) is 9.47 Å². The Morgan fingerprint density at radius 1 is 1.05 bits per heavy atom. The number of carbonyl (C=O) groups excluding carboxylic acids is 2. The van der Waals surface area contributed by atoms with Crippen molar-refractivity contribution in [1.82, 2.24) is 0 Å². The Kier molecular flexibility index (Phi) is 7.80. The first-order valence-electron chi connectivity index (χ1n) is 5.74. The normalized spacial score (nSPS) is 10.6. The Morgan fingerprint density at radius 2 is 1.53 bits per heavy atom. The van der Waals surface area contributed by atoms with E-state index in [2.05, 4.69) is 21.3 Å². The van der Waals surface area contributed by atoms with Gasteiger partial charge in [-0.05, 0) is 0 Å². The number of methoxy groups -OCH3 is 4. The Hall–Kier alpha value is -1.58. The van der Waals surface area contributed by atoms with Crippen LogP contribution in [0, 0.1) is 17.3 Å². The topological polar surface area (TPSA) is 71.1 Å². The van der Waals surface area contributed by atoms with Gasteiger partial charge in [-0.3, -0.25) is 0 Å². The Morgan fingerprint density at radius 3 is 1.84 bits per heavy atom. The van der Waals surface area contributed by atoms with Gasteiger partial charge in [0.05, 0.1) is 14.2 Å². The van der Waals surface area contributed by atoms with E-state index in [9.17, 15) is 9.59 Å². The van der Waals surface area contributed by atoms with E-state index in [0.29, 0.717) is 6.42 Å². The van der Waals surface area contributed by atoms with E-state index in [0.717, 1.165) is 0 Å². The summed E-state index contributed by atoms with van der Waals surface area (Å²) in [5.74, 6) is 3.75. The smallest absolute Gasteiger partial charge is 0.335 e. The molecule has 0 aliphatic rings. The number of hydrogen-bond acceptors (Lipinski definition) is 6. The quantitative estimate of drug-likeness (QED) is 0.307. The van der Waals surface area contributed by atoms with Gasteiger partial charge in [-0.1, -0.05) is 12.8 Å². The van der Waals surface area contributed by atoms with Crippen LogP contribution in [0.4, 0.5) is 0 Å². The van der Waals surface area contributed by atoms with Gasteiger partial charge >= 0.3 is 11.9 Å². The number of ether oxygens (including phenoxy) is 4. The summed E-state index contributed by atoms with van der Waals surface area (Å²) >= 11 is 0. The minimum atomic E-state index is -1.74. The zero-order valence-electron chi connectivity index (χ0n) is 11.9. The highest BCUT2D eigenvalue weighted by molar-refractivity contribution is 6.03. The van der Waals surface area contributed by atoms with Crippen molar-refractivity contribution in [3.63, 3.8) is 0 Å². The van der Waals surface area contributed by atoms with Gasteiger partial charge in [-0.25, -0.2) is 9.59 Å². The van der Waals surface area contributed by atoms with Crippen molar-refractivity contribution in [2.75, 3.05) is 28.4 Å². The molecule has 0 aromatic carbocycles. The number of rotatable bonds is 6. The molecule has 0 radical (unpaired) electrons. The predicted octanol–water partition coefficient (Wildman–Crippen LogP) is 0.741. The highest BCUT2D eigenvalue weighted by atomic mass is 16.7. The molecule has 0 aromatic heterocycles. The Balaban J connectivity index is 5.61. The van der Waals surface area contributed by atoms with Crippen molar-refractivity contribution in [1.29, 1.82) is 0 Å². The molecule has 0 heterocycles. The second-order valence-electron chi connectivity index (χ2n) is 3.65. The molecule has 0 rings (SSSR count). The molecule has 0 saturated heterocycles. The Labute approximate surface area is 113 Å². The lowest BCUT2D eigenvalue weighted by atomic mass is 9.84. The molecule has 0 atom stereocenters. The van der Waals surface area contributed by atoms with E-state index in [1.54, 1.807) is 6.92 Å².